The zero-order valence-electron chi connectivity index (χ0n) is 14.6. The van der Waals surface area contributed by atoms with Crippen LogP contribution in [0.4, 0.5) is 0 Å². The van der Waals surface area contributed by atoms with E-state index < -0.39 is 0 Å². The first-order valence-corrected chi connectivity index (χ1v) is 9.35. The highest BCUT2D eigenvalue weighted by Gasteiger charge is 2.41. The van der Waals surface area contributed by atoms with Crippen LogP contribution < -0.4 is 5.32 Å². The Morgan fingerprint density at radius 2 is 1.91 bits per heavy atom. The smallest absolute Gasteiger partial charge is 0.193 e. The Morgan fingerprint density at radius 3 is 2.57 bits per heavy atom. The molecule has 2 N–H and O–H groups in total. The quantitative estimate of drug-likeness (QED) is 0.614. The van der Waals surface area contributed by atoms with Crippen LogP contribution in [0.25, 0.3) is 0 Å². The molecule has 0 atom stereocenters. The molecule has 3 rings (SSSR count). The molecule has 2 aliphatic heterocycles. The van der Waals surface area contributed by atoms with Gasteiger partial charge in [-0.3, -0.25) is 4.99 Å². The Kier molecular flexibility index (Phi) is 5.47. The highest BCUT2D eigenvalue weighted by molar-refractivity contribution is 5.80. The van der Waals surface area contributed by atoms with Crippen molar-refractivity contribution in [1.82, 2.24) is 10.2 Å². The van der Waals surface area contributed by atoms with E-state index in [1.807, 2.05) is 7.05 Å². The van der Waals surface area contributed by atoms with E-state index in [-0.39, 0.29) is 5.41 Å². The minimum atomic E-state index is 0.279. The molecule has 0 aromatic carbocycles. The molecular weight excluding hydrogens is 290 g/mol. The van der Waals surface area contributed by atoms with E-state index in [1.165, 1.54) is 44.9 Å². The van der Waals surface area contributed by atoms with Crippen molar-refractivity contribution in [2.24, 2.45) is 15.8 Å². The fraction of sp³-hybridized carbons (Fsp3) is 0.944. The predicted octanol–water partition coefficient (Wildman–Crippen LogP) is 2.01. The van der Waals surface area contributed by atoms with Crippen molar-refractivity contribution in [1.29, 1.82) is 0 Å². The monoisotopic (exact) mass is 323 g/mol. The van der Waals surface area contributed by atoms with Crippen molar-refractivity contribution in [3.8, 4) is 0 Å². The van der Waals surface area contributed by atoms with Crippen LogP contribution in [0, 0.1) is 10.8 Å². The van der Waals surface area contributed by atoms with Gasteiger partial charge in [-0.05, 0) is 49.4 Å². The first kappa shape index (κ1) is 17.0. The normalized spacial score (nSPS) is 26.9. The maximum Gasteiger partial charge on any atom is 0.193 e. The van der Waals surface area contributed by atoms with Crippen molar-refractivity contribution in [2.45, 2.75) is 51.4 Å². The predicted molar refractivity (Wildman–Crippen MR) is 92.6 cm³/mol. The summed E-state index contributed by atoms with van der Waals surface area (Å²) in [4.78, 5) is 6.98. The lowest BCUT2D eigenvalue weighted by atomic mass is 9.80. The molecule has 5 heteroatoms. The molecule has 0 aromatic rings. The van der Waals surface area contributed by atoms with Gasteiger partial charge < -0.3 is 20.1 Å². The van der Waals surface area contributed by atoms with Gasteiger partial charge in [0.05, 0.1) is 0 Å². The Hall–Kier alpha value is -0.810. The largest absolute Gasteiger partial charge is 0.396 e. The number of likely N-dealkylation sites (tertiary alicyclic amines) is 1. The summed E-state index contributed by atoms with van der Waals surface area (Å²) < 4.78 is 5.55. The van der Waals surface area contributed by atoms with Gasteiger partial charge in [0.1, 0.15) is 0 Å². The summed E-state index contributed by atoms with van der Waals surface area (Å²) in [6.45, 7) is 5.30. The zero-order chi connectivity index (χ0) is 16.2. The van der Waals surface area contributed by atoms with Gasteiger partial charge >= 0.3 is 0 Å². The number of rotatable bonds is 4. The summed E-state index contributed by atoms with van der Waals surface area (Å²) in [7, 11) is 1.89. The molecule has 0 radical (unpaired) electrons. The number of aliphatic hydroxyl groups excluding tert-OH is 1. The maximum absolute atomic E-state index is 9.41. The van der Waals surface area contributed by atoms with Crippen LogP contribution in [0.1, 0.15) is 51.4 Å². The first-order chi connectivity index (χ1) is 11.2. The van der Waals surface area contributed by atoms with Crippen molar-refractivity contribution in [2.75, 3.05) is 46.5 Å². The molecule has 1 aliphatic carbocycles. The lowest BCUT2D eigenvalue weighted by Crippen LogP contribution is -2.46. The first-order valence-electron chi connectivity index (χ1n) is 9.35. The number of guanidine groups is 1. The van der Waals surface area contributed by atoms with E-state index >= 15 is 0 Å². The second kappa shape index (κ2) is 7.39. The molecule has 23 heavy (non-hydrogen) atoms. The van der Waals surface area contributed by atoms with E-state index in [0.717, 1.165) is 45.2 Å². The Morgan fingerprint density at radius 1 is 1.17 bits per heavy atom. The summed E-state index contributed by atoms with van der Waals surface area (Å²) in [6, 6.07) is 0. The molecule has 2 saturated heterocycles. The van der Waals surface area contributed by atoms with Crippen LogP contribution in [0.2, 0.25) is 0 Å². The summed E-state index contributed by atoms with van der Waals surface area (Å²) >= 11 is 0. The molecule has 1 spiro atoms. The lowest BCUT2D eigenvalue weighted by molar-refractivity contribution is 0.0217. The van der Waals surface area contributed by atoms with Crippen LogP contribution in [0.15, 0.2) is 4.99 Å². The molecule has 2 heterocycles. The fourth-order valence-corrected chi connectivity index (χ4v) is 4.80. The van der Waals surface area contributed by atoms with E-state index in [1.54, 1.807) is 0 Å². The lowest BCUT2D eigenvalue weighted by Gasteiger charge is -2.34. The van der Waals surface area contributed by atoms with Gasteiger partial charge in [-0.15, -0.1) is 0 Å². The SMILES string of the molecule is CN=C(NCC1(CCO)CCCC1)N1CCC2(CCOCC2)C1. The molecule has 3 aliphatic rings. The van der Waals surface area contributed by atoms with Crippen LogP contribution in [0.5, 0.6) is 0 Å². The highest BCUT2D eigenvalue weighted by Crippen LogP contribution is 2.41. The van der Waals surface area contributed by atoms with Gasteiger partial charge in [0, 0.05) is 46.5 Å². The molecule has 5 nitrogen and oxygen atoms in total. The summed E-state index contributed by atoms with van der Waals surface area (Å²) in [6.07, 6.45) is 9.62. The molecule has 1 saturated carbocycles. The van der Waals surface area contributed by atoms with Gasteiger partial charge in [0.25, 0.3) is 0 Å². The van der Waals surface area contributed by atoms with Gasteiger partial charge in [0.15, 0.2) is 5.96 Å². The number of nitrogens with zero attached hydrogens (tertiary/aromatic N) is 2. The van der Waals surface area contributed by atoms with E-state index in [9.17, 15) is 5.11 Å². The number of hydrogen-bond donors (Lipinski definition) is 2. The van der Waals surface area contributed by atoms with Crippen molar-refractivity contribution >= 4 is 5.96 Å². The third kappa shape index (κ3) is 3.82. The molecule has 3 fully saturated rings. The molecular formula is C18H33N3O2. The number of nitrogens with one attached hydrogen (secondary N) is 1. The molecule has 0 unspecified atom stereocenters. The molecule has 132 valence electrons. The Balaban J connectivity index is 1.56. The van der Waals surface area contributed by atoms with E-state index in [4.69, 9.17) is 4.74 Å². The highest BCUT2D eigenvalue weighted by atomic mass is 16.5. The van der Waals surface area contributed by atoms with E-state index in [2.05, 4.69) is 15.2 Å². The van der Waals surface area contributed by atoms with Gasteiger partial charge in [-0.25, -0.2) is 0 Å². The third-order valence-corrected chi connectivity index (χ3v) is 6.43. The summed E-state index contributed by atoms with van der Waals surface area (Å²) in [5.74, 6) is 1.05. The second-order valence-corrected chi connectivity index (χ2v) is 7.87. The molecule has 0 amide bonds. The van der Waals surface area contributed by atoms with Crippen molar-refractivity contribution < 1.29 is 9.84 Å². The molecule has 0 aromatic heterocycles. The van der Waals surface area contributed by atoms with Crippen molar-refractivity contribution in [3.05, 3.63) is 0 Å². The topological polar surface area (TPSA) is 57.1 Å². The van der Waals surface area contributed by atoms with Gasteiger partial charge in [0.2, 0.25) is 0 Å². The van der Waals surface area contributed by atoms with Crippen LogP contribution in [0.3, 0.4) is 0 Å². The third-order valence-electron chi connectivity index (χ3n) is 6.43. The van der Waals surface area contributed by atoms with Crippen LogP contribution in [-0.4, -0.2) is 62.5 Å². The number of aliphatic imine (C=N–C) groups is 1. The Bertz CT molecular complexity index is 412. The van der Waals surface area contributed by atoms with E-state index in [0.29, 0.717) is 12.0 Å². The minimum Gasteiger partial charge on any atom is -0.396 e. The molecule has 0 bridgehead atoms. The minimum absolute atomic E-state index is 0.279. The standard InChI is InChI=1S/C18H33N3O2/c1-19-16(20-14-17(7-11-22)4-2-3-5-17)21-10-6-18(15-21)8-12-23-13-9-18/h22H,2-15H2,1H3,(H,19,20). The fourth-order valence-electron chi connectivity index (χ4n) is 4.80. The number of hydrogen-bond acceptors (Lipinski definition) is 3. The maximum atomic E-state index is 9.41. The second-order valence-electron chi connectivity index (χ2n) is 7.87. The number of ether oxygens (including phenoxy) is 1. The average Bonchev–Trinajstić information content (AvgIpc) is 3.18. The van der Waals surface area contributed by atoms with Gasteiger partial charge in [-0.1, -0.05) is 12.8 Å². The summed E-state index contributed by atoms with van der Waals surface area (Å²) in [5, 5.41) is 13.0. The van der Waals surface area contributed by atoms with Crippen LogP contribution >= 0.6 is 0 Å². The Labute approximate surface area is 140 Å². The van der Waals surface area contributed by atoms with Gasteiger partial charge in [-0.2, -0.15) is 0 Å². The summed E-state index contributed by atoms with van der Waals surface area (Å²) in [5.41, 5.74) is 0.729. The number of aliphatic hydroxyl groups is 1. The average molecular weight is 323 g/mol. The van der Waals surface area contributed by atoms with Crippen molar-refractivity contribution in [3.63, 3.8) is 0 Å². The zero-order valence-corrected chi connectivity index (χ0v) is 14.6. The van der Waals surface area contributed by atoms with Crippen LogP contribution in [-0.2, 0) is 4.74 Å².